The Morgan fingerprint density at radius 2 is 1.55 bits per heavy atom. The Bertz CT molecular complexity index is 949. The van der Waals surface area contributed by atoms with Crippen LogP contribution in [0, 0.1) is 0 Å². The highest BCUT2D eigenvalue weighted by Crippen LogP contribution is 2.23. The maximum absolute atomic E-state index is 12.8. The Balaban J connectivity index is 1.30. The minimum absolute atomic E-state index is 0.00215. The van der Waals surface area contributed by atoms with Crippen LogP contribution in [-0.2, 0) is 0 Å². The van der Waals surface area contributed by atoms with Crippen LogP contribution in [0.5, 0.6) is 0 Å². The van der Waals surface area contributed by atoms with Crippen molar-refractivity contribution in [2.24, 2.45) is 0 Å². The number of aromatic nitrogens is 3. The van der Waals surface area contributed by atoms with Gasteiger partial charge in [-0.3, -0.25) is 4.79 Å². The van der Waals surface area contributed by atoms with Gasteiger partial charge in [-0.2, -0.15) is 5.10 Å². The third kappa shape index (κ3) is 4.60. The second kappa shape index (κ2) is 8.55. The predicted octanol–water partition coefficient (Wildman–Crippen LogP) is 3.40. The van der Waals surface area contributed by atoms with Crippen LogP contribution in [0.25, 0.3) is 0 Å². The Morgan fingerprint density at radius 1 is 0.897 bits per heavy atom. The topological polar surface area (TPSA) is 92.2 Å². The largest absolute Gasteiger partial charge is 0.338 e. The lowest BCUT2D eigenvalue weighted by molar-refractivity contribution is 0.0690. The van der Waals surface area contributed by atoms with E-state index in [1.807, 2.05) is 39.9 Å². The number of rotatable bonds is 4. The van der Waals surface area contributed by atoms with Crippen molar-refractivity contribution in [3.05, 3.63) is 72.8 Å². The maximum atomic E-state index is 12.8. The van der Waals surface area contributed by atoms with Crippen LogP contribution >= 0.6 is 0 Å². The summed E-state index contributed by atoms with van der Waals surface area (Å²) in [6.07, 6.45) is 4.97. The first-order valence-electron chi connectivity index (χ1n) is 9.55. The molecule has 1 aromatic heterocycles. The molecule has 3 amide bonds. The predicted molar refractivity (Wildman–Crippen MR) is 110 cm³/mol. The Kier molecular flexibility index (Phi) is 5.51. The van der Waals surface area contributed by atoms with E-state index in [0.29, 0.717) is 30.0 Å². The molecule has 2 heterocycles. The van der Waals surface area contributed by atoms with Gasteiger partial charge >= 0.3 is 6.03 Å². The molecule has 0 aliphatic carbocycles. The molecule has 4 rings (SSSR count). The van der Waals surface area contributed by atoms with Gasteiger partial charge in [-0.1, -0.05) is 18.2 Å². The van der Waals surface area contributed by atoms with E-state index < -0.39 is 0 Å². The van der Waals surface area contributed by atoms with E-state index in [1.54, 1.807) is 30.6 Å². The third-order valence-corrected chi connectivity index (χ3v) is 4.98. The summed E-state index contributed by atoms with van der Waals surface area (Å²) in [6, 6.07) is 16.1. The molecule has 3 aromatic rings. The molecule has 8 heteroatoms. The van der Waals surface area contributed by atoms with Crippen LogP contribution in [0.15, 0.2) is 67.3 Å². The highest BCUT2D eigenvalue weighted by Gasteiger charge is 2.24. The summed E-state index contributed by atoms with van der Waals surface area (Å²) >= 11 is 0. The van der Waals surface area contributed by atoms with E-state index in [-0.39, 0.29) is 18.0 Å². The van der Waals surface area contributed by atoms with Crippen LogP contribution in [0.3, 0.4) is 0 Å². The third-order valence-electron chi connectivity index (χ3n) is 4.98. The normalized spacial score (nSPS) is 14.4. The van der Waals surface area contributed by atoms with Crippen molar-refractivity contribution in [3.8, 4) is 0 Å². The molecule has 29 heavy (non-hydrogen) atoms. The maximum Gasteiger partial charge on any atom is 0.323 e. The van der Waals surface area contributed by atoms with Crippen molar-refractivity contribution in [1.82, 2.24) is 19.7 Å². The average Bonchev–Trinajstić information content (AvgIpc) is 3.29. The average molecular weight is 390 g/mol. The molecule has 1 aliphatic rings. The fourth-order valence-electron chi connectivity index (χ4n) is 3.43. The number of para-hydroxylation sites is 1. The van der Waals surface area contributed by atoms with Crippen molar-refractivity contribution >= 4 is 23.3 Å². The first-order chi connectivity index (χ1) is 14.2. The SMILES string of the molecule is O=C(Nc1ccccc1)Nc1ccc(C(=O)N2CCC(n3cncn3)CC2)cc1. The highest BCUT2D eigenvalue weighted by molar-refractivity contribution is 6.00. The van der Waals surface area contributed by atoms with E-state index in [0.717, 1.165) is 12.8 Å². The Hall–Kier alpha value is -3.68. The van der Waals surface area contributed by atoms with Crippen molar-refractivity contribution < 1.29 is 9.59 Å². The van der Waals surface area contributed by atoms with E-state index >= 15 is 0 Å². The molecule has 1 saturated heterocycles. The second-order valence-corrected chi connectivity index (χ2v) is 6.92. The fraction of sp³-hybridized carbons (Fsp3) is 0.238. The molecule has 0 bridgehead atoms. The number of hydrogen-bond donors (Lipinski definition) is 2. The number of urea groups is 1. The minimum Gasteiger partial charge on any atom is -0.338 e. The van der Waals surface area contributed by atoms with Crippen LogP contribution < -0.4 is 10.6 Å². The number of hydrogen-bond acceptors (Lipinski definition) is 4. The Labute approximate surface area is 168 Å². The van der Waals surface area contributed by atoms with Crippen molar-refractivity contribution in [2.75, 3.05) is 23.7 Å². The molecule has 8 nitrogen and oxygen atoms in total. The lowest BCUT2D eigenvalue weighted by Gasteiger charge is -2.32. The summed E-state index contributed by atoms with van der Waals surface area (Å²) in [4.78, 5) is 30.7. The van der Waals surface area contributed by atoms with Gasteiger partial charge < -0.3 is 15.5 Å². The number of benzene rings is 2. The summed E-state index contributed by atoms with van der Waals surface area (Å²) in [7, 11) is 0. The molecule has 1 fully saturated rings. The van der Waals surface area contributed by atoms with E-state index in [9.17, 15) is 9.59 Å². The molecule has 0 saturated carbocycles. The molecule has 0 radical (unpaired) electrons. The Morgan fingerprint density at radius 3 is 2.17 bits per heavy atom. The number of carbonyl (C=O) groups is 2. The van der Waals surface area contributed by atoms with Gasteiger partial charge in [0.2, 0.25) is 0 Å². The molecule has 1 aliphatic heterocycles. The highest BCUT2D eigenvalue weighted by atomic mass is 16.2. The molecule has 2 aromatic carbocycles. The molecule has 148 valence electrons. The van der Waals surface area contributed by atoms with Gasteiger partial charge in [0.05, 0.1) is 6.04 Å². The van der Waals surface area contributed by atoms with Gasteiger partial charge in [-0.15, -0.1) is 0 Å². The monoisotopic (exact) mass is 390 g/mol. The first kappa shape index (κ1) is 18.7. The molecule has 2 N–H and O–H groups in total. The lowest BCUT2D eigenvalue weighted by atomic mass is 10.0. The first-order valence-corrected chi connectivity index (χ1v) is 9.55. The fourth-order valence-corrected chi connectivity index (χ4v) is 3.43. The molecular formula is C21H22N6O2. The van der Waals surface area contributed by atoms with E-state index in [2.05, 4.69) is 20.7 Å². The smallest absolute Gasteiger partial charge is 0.323 e. The van der Waals surface area contributed by atoms with E-state index in [1.165, 1.54) is 6.33 Å². The zero-order chi connectivity index (χ0) is 20.1. The van der Waals surface area contributed by atoms with E-state index in [4.69, 9.17) is 0 Å². The number of nitrogens with zero attached hydrogens (tertiary/aromatic N) is 4. The summed E-state index contributed by atoms with van der Waals surface area (Å²) in [6.45, 7) is 1.37. The van der Waals surface area contributed by atoms with Crippen molar-refractivity contribution in [1.29, 1.82) is 0 Å². The number of carbonyl (C=O) groups excluding carboxylic acids is 2. The standard InChI is InChI=1S/C21H22N6O2/c28-20(26-12-10-19(11-13-26)27-15-22-14-23-27)16-6-8-18(9-7-16)25-21(29)24-17-4-2-1-3-5-17/h1-9,14-15,19H,10-13H2,(H2,24,25,29). The summed E-state index contributed by atoms with van der Waals surface area (Å²) in [5, 5.41) is 9.72. The van der Waals surface area contributed by atoms with Gasteiger partial charge in [-0.05, 0) is 49.2 Å². The minimum atomic E-state index is -0.328. The van der Waals surface area contributed by atoms with Gasteiger partial charge in [-0.25, -0.2) is 14.5 Å². The van der Waals surface area contributed by atoms with Crippen molar-refractivity contribution in [3.63, 3.8) is 0 Å². The zero-order valence-electron chi connectivity index (χ0n) is 15.9. The number of likely N-dealkylation sites (tertiary alicyclic amines) is 1. The van der Waals surface area contributed by atoms with Gasteiger partial charge in [0.15, 0.2) is 0 Å². The van der Waals surface area contributed by atoms with Gasteiger partial charge in [0.25, 0.3) is 5.91 Å². The number of anilines is 2. The molecule has 0 unspecified atom stereocenters. The van der Waals surface area contributed by atoms with Gasteiger partial charge in [0, 0.05) is 30.0 Å². The summed E-state index contributed by atoms with van der Waals surface area (Å²) in [5.74, 6) is 0.00215. The quantitative estimate of drug-likeness (QED) is 0.714. The zero-order valence-corrected chi connectivity index (χ0v) is 15.9. The number of piperidine rings is 1. The molecule has 0 spiro atoms. The van der Waals surface area contributed by atoms with Crippen molar-refractivity contribution in [2.45, 2.75) is 18.9 Å². The van der Waals surface area contributed by atoms with Crippen LogP contribution in [0.1, 0.15) is 29.2 Å². The van der Waals surface area contributed by atoms with Crippen LogP contribution in [0.4, 0.5) is 16.2 Å². The summed E-state index contributed by atoms with van der Waals surface area (Å²) in [5.41, 5.74) is 1.95. The van der Waals surface area contributed by atoms with Crippen LogP contribution in [0.2, 0.25) is 0 Å². The summed E-state index contributed by atoms with van der Waals surface area (Å²) < 4.78 is 1.86. The van der Waals surface area contributed by atoms with Gasteiger partial charge in [0.1, 0.15) is 12.7 Å². The lowest BCUT2D eigenvalue weighted by Crippen LogP contribution is -2.39. The molecule has 0 atom stereocenters. The number of amides is 3. The number of nitrogens with one attached hydrogen (secondary N) is 2. The second-order valence-electron chi connectivity index (χ2n) is 6.92. The van der Waals surface area contributed by atoms with Crippen LogP contribution in [-0.4, -0.2) is 44.7 Å². The molecular weight excluding hydrogens is 368 g/mol.